The average molecular weight is 310 g/mol. The summed E-state index contributed by atoms with van der Waals surface area (Å²) in [4.78, 5) is 4.94. The summed E-state index contributed by atoms with van der Waals surface area (Å²) in [6.07, 6.45) is -4.18. The minimum absolute atomic E-state index is 0.0649. The zero-order valence-corrected chi connectivity index (χ0v) is 11.9. The minimum atomic E-state index is -4.47. The molecule has 0 heterocycles. The van der Waals surface area contributed by atoms with Crippen LogP contribution in [0, 0.1) is 0 Å². The highest BCUT2D eigenvalue weighted by Crippen LogP contribution is 2.34. The van der Waals surface area contributed by atoms with Gasteiger partial charge in [0.05, 0.1) is 17.9 Å². The van der Waals surface area contributed by atoms with E-state index in [1.807, 2.05) is 0 Å². The second-order valence-electron chi connectivity index (χ2n) is 3.91. The lowest BCUT2D eigenvalue weighted by Crippen LogP contribution is -2.14. The van der Waals surface area contributed by atoms with Crippen LogP contribution in [-0.4, -0.2) is 26.0 Å². The number of ether oxygens (including phenoxy) is 1. The summed E-state index contributed by atoms with van der Waals surface area (Å²) in [6, 6.07) is 3.39. The summed E-state index contributed by atoms with van der Waals surface area (Å²) in [5, 5.41) is 3.96. The van der Waals surface area contributed by atoms with Crippen molar-refractivity contribution in [1.82, 2.24) is 0 Å². The van der Waals surface area contributed by atoms with E-state index in [2.05, 4.69) is 5.16 Å². The predicted molar refractivity (Wildman–Crippen MR) is 71.1 cm³/mol. The maximum atomic E-state index is 13.0. The van der Waals surface area contributed by atoms with Gasteiger partial charge in [-0.15, -0.1) is 0 Å². The average Bonchev–Trinajstić information content (AvgIpc) is 2.37. The maximum absolute atomic E-state index is 13.0. The van der Waals surface area contributed by atoms with Gasteiger partial charge in [-0.2, -0.15) is 13.2 Å². The highest BCUT2D eigenvalue weighted by atomic mass is 35.5. The Bertz CT molecular complexity index is 475. The molecule has 20 heavy (non-hydrogen) atoms. The molecule has 0 aliphatic rings. The van der Waals surface area contributed by atoms with E-state index in [0.717, 1.165) is 6.07 Å². The van der Waals surface area contributed by atoms with Crippen LogP contribution in [0.2, 0.25) is 5.02 Å². The molecule has 0 N–H and O–H groups in total. The van der Waals surface area contributed by atoms with E-state index in [-0.39, 0.29) is 29.3 Å². The first-order valence-electron chi connectivity index (χ1n) is 5.95. The smallest absolute Gasteiger partial charge is 0.393 e. The van der Waals surface area contributed by atoms with Crippen LogP contribution in [0.5, 0.6) is 0 Å². The Morgan fingerprint density at radius 1 is 1.30 bits per heavy atom. The Labute approximate surface area is 120 Å². The van der Waals surface area contributed by atoms with Crippen LogP contribution in [0.15, 0.2) is 23.4 Å². The Kier molecular flexibility index (Phi) is 6.29. The van der Waals surface area contributed by atoms with Crippen LogP contribution in [0.4, 0.5) is 13.2 Å². The minimum Gasteiger partial charge on any atom is -0.393 e. The van der Waals surface area contributed by atoms with Crippen molar-refractivity contribution in [3.63, 3.8) is 0 Å². The third kappa shape index (κ3) is 4.68. The van der Waals surface area contributed by atoms with Crippen molar-refractivity contribution in [3.05, 3.63) is 34.3 Å². The molecule has 0 unspecified atom stereocenters. The van der Waals surface area contributed by atoms with Gasteiger partial charge in [-0.1, -0.05) is 23.7 Å². The molecule has 0 aromatic heterocycles. The molecular weight excluding hydrogens is 295 g/mol. The zero-order chi connectivity index (χ0) is 15.2. The number of halogens is 4. The van der Waals surface area contributed by atoms with Gasteiger partial charge in [-0.25, -0.2) is 0 Å². The molecule has 0 saturated carbocycles. The van der Waals surface area contributed by atoms with E-state index in [1.165, 1.54) is 19.2 Å². The van der Waals surface area contributed by atoms with Crippen LogP contribution >= 0.6 is 11.6 Å². The van der Waals surface area contributed by atoms with Gasteiger partial charge in [-0.05, 0) is 24.6 Å². The lowest BCUT2D eigenvalue weighted by molar-refractivity contribution is -0.137. The Morgan fingerprint density at radius 3 is 2.55 bits per heavy atom. The number of rotatable bonds is 6. The number of methoxy groups -OCH3 is 1. The molecule has 1 aromatic rings. The van der Waals surface area contributed by atoms with Crippen molar-refractivity contribution < 1.29 is 22.7 Å². The largest absolute Gasteiger partial charge is 0.417 e. The van der Waals surface area contributed by atoms with Gasteiger partial charge in [0, 0.05) is 17.7 Å². The first kappa shape index (κ1) is 16.8. The summed E-state index contributed by atoms with van der Waals surface area (Å²) in [5.74, 6) is 0. The van der Waals surface area contributed by atoms with Gasteiger partial charge >= 0.3 is 6.18 Å². The molecule has 0 amide bonds. The Hall–Kier alpha value is -1.27. The fraction of sp³-hybridized carbons (Fsp3) is 0.462. The zero-order valence-electron chi connectivity index (χ0n) is 11.1. The first-order valence-corrected chi connectivity index (χ1v) is 6.32. The molecule has 0 fully saturated rings. The van der Waals surface area contributed by atoms with Crippen LogP contribution in [0.1, 0.15) is 24.5 Å². The quantitative estimate of drug-likeness (QED) is 0.449. The van der Waals surface area contributed by atoms with Crippen molar-refractivity contribution in [2.75, 3.05) is 20.3 Å². The van der Waals surface area contributed by atoms with Crippen LogP contribution in [0.25, 0.3) is 0 Å². The summed E-state index contributed by atoms with van der Waals surface area (Å²) < 4.78 is 43.6. The number of hydrogen-bond donors (Lipinski definition) is 0. The van der Waals surface area contributed by atoms with Gasteiger partial charge in [0.2, 0.25) is 0 Å². The standard InChI is InChI=1S/C13H15ClF3NO2/c1-3-12(18-20-7-6-19-2)10-8-9(14)4-5-11(10)13(15,16)17/h4-5,8H,3,6-7H2,1-2H3/b18-12+. The topological polar surface area (TPSA) is 30.8 Å². The number of oxime groups is 1. The van der Waals surface area contributed by atoms with Crippen LogP contribution < -0.4 is 0 Å². The lowest BCUT2D eigenvalue weighted by Gasteiger charge is -2.14. The number of nitrogens with zero attached hydrogens (tertiary/aromatic N) is 1. The first-order chi connectivity index (χ1) is 9.40. The Balaban J connectivity index is 3.10. The highest BCUT2D eigenvalue weighted by Gasteiger charge is 2.34. The monoisotopic (exact) mass is 309 g/mol. The molecule has 0 saturated heterocycles. The molecule has 0 radical (unpaired) electrons. The third-order valence-corrected chi connectivity index (χ3v) is 2.72. The van der Waals surface area contributed by atoms with Crippen molar-refractivity contribution in [2.45, 2.75) is 19.5 Å². The molecule has 7 heteroatoms. The van der Waals surface area contributed by atoms with E-state index >= 15 is 0 Å². The van der Waals surface area contributed by atoms with E-state index in [1.54, 1.807) is 6.92 Å². The SMILES string of the molecule is CC/C(=N\OCCOC)c1cc(Cl)ccc1C(F)(F)F. The highest BCUT2D eigenvalue weighted by molar-refractivity contribution is 6.31. The maximum Gasteiger partial charge on any atom is 0.417 e. The number of alkyl halides is 3. The molecule has 3 nitrogen and oxygen atoms in total. The summed E-state index contributed by atoms with van der Waals surface area (Å²) in [6.45, 7) is 2.17. The van der Waals surface area contributed by atoms with E-state index < -0.39 is 11.7 Å². The third-order valence-electron chi connectivity index (χ3n) is 2.49. The molecule has 112 valence electrons. The fourth-order valence-corrected chi connectivity index (χ4v) is 1.72. The van der Waals surface area contributed by atoms with E-state index in [4.69, 9.17) is 21.2 Å². The molecule has 1 rings (SSSR count). The number of benzene rings is 1. The van der Waals surface area contributed by atoms with Gasteiger partial charge in [0.15, 0.2) is 0 Å². The van der Waals surface area contributed by atoms with E-state index in [0.29, 0.717) is 6.61 Å². The normalized spacial score (nSPS) is 12.6. The van der Waals surface area contributed by atoms with Crippen LogP contribution in [-0.2, 0) is 15.8 Å². The molecule has 0 spiro atoms. The van der Waals surface area contributed by atoms with Gasteiger partial charge in [-0.3, -0.25) is 0 Å². The molecule has 0 atom stereocenters. The molecule has 1 aromatic carbocycles. The molecule has 0 aliphatic carbocycles. The van der Waals surface area contributed by atoms with Crippen LogP contribution in [0.3, 0.4) is 0 Å². The van der Waals surface area contributed by atoms with Crippen molar-refractivity contribution in [3.8, 4) is 0 Å². The Morgan fingerprint density at radius 2 is 2.00 bits per heavy atom. The fourth-order valence-electron chi connectivity index (χ4n) is 1.55. The van der Waals surface area contributed by atoms with Crippen molar-refractivity contribution in [2.24, 2.45) is 5.16 Å². The second kappa shape index (κ2) is 7.50. The molecular formula is C13H15ClF3NO2. The van der Waals surface area contributed by atoms with Crippen molar-refractivity contribution in [1.29, 1.82) is 0 Å². The van der Waals surface area contributed by atoms with Crippen molar-refractivity contribution >= 4 is 17.3 Å². The summed E-state index contributed by atoms with van der Waals surface area (Å²) >= 11 is 5.77. The van der Waals surface area contributed by atoms with E-state index in [9.17, 15) is 13.2 Å². The predicted octanol–water partition coefficient (Wildman–Crippen LogP) is 4.14. The summed E-state index contributed by atoms with van der Waals surface area (Å²) in [5.41, 5.74) is -0.654. The van der Waals surface area contributed by atoms with Gasteiger partial charge in [0.1, 0.15) is 6.61 Å². The lowest BCUT2D eigenvalue weighted by atomic mass is 10.0. The second-order valence-corrected chi connectivity index (χ2v) is 4.34. The van der Waals surface area contributed by atoms with Gasteiger partial charge in [0.25, 0.3) is 0 Å². The van der Waals surface area contributed by atoms with Gasteiger partial charge < -0.3 is 9.57 Å². The molecule has 0 aliphatic heterocycles. The summed E-state index contributed by atoms with van der Waals surface area (Å²) in [7, 11) is 1.49. The number of hydrogen-bond acceptors (Lipinski definition) is 3. The molecule has 0 bridgehead atoms.